The lowest BCUT2D eigenvalue weighted by atomic mass is 9.88. The quantitative estimate of drug-likeness (QED) is 0.458. The number of ether oxygens (including phenoxy) is 1. The minimum Gasteiger partial charge on any atom is -0.422 e. The first-order chi connectivity index (χ1) is 14.1. The molecule has 7 heteroatoms. The molecule has 5 nitrogen and oxygen atoms in total. The van der Waals surface area contributed by atoms with Gasteiger partial charge >= 0.3 is 5.97 Å². The molecule has 0 saturated heterocycles. The fourth-order valence-corrected chi connectivity index (χ4v) is 5.95. The van der Waals surface area contributed by atoms with E-state index in [1.807, 2.05) is 23.6 Å². The zero-order chi connectivity index (χ0) is 20.0. The van der Waals surface area contributed by atoms with E-state index in [0.29, 0.717) is 16.5 Å². The zero-order valence-corrected chi connectivity index (χ0v) is 17.5. The first-order valence-corrected chi connectivity index (χ1v) is 11.4. The summed E-state index contributed by atoms with van der Waals surface area (Å²) in [5.41, 5.74) is 2.97. The van der Waals surface area contributed by atoms with E-state index in [4.69, 9.17) is 4.74 Å². The van der Waals surface area contributed by atoms with Gasteiger partial charge in [-0.15, -0.1) is 22.7 Å². The molecule has 2 aliphatic rings. The summed E-state index contributed by atoms with van der Waals surface area (Å²) in [5, 5.41) is 9.35. The second kappa shape index (κ2) is 7.31. The predicted molar refractivity (Wildman–Crippen MR) is 115 cm³/mol. The molecule has 0 bridgehead atoms. The van der Waals surface area contributed by atoms with Gasteiger partial charge in [0.25, 0.3) is 5.91 Å². The number of amides is 1. The summed E-state index contributed by atoms with van der Waals surface area (Å²) in [7, 11) is 0. The van der Waals surface area contributed by atoms with Crippen LogP contribution < -0.4 is 15.4 Å². The van der Waals surface area contributed by atoms with Crippen molar-refractivity contribution in [1.82, 2.24) is 5.32 Å². The Bertz CT molecular complexity index is 1070. The molecular formula is C22H20N2O3S2. The highest BCUT2D eigenvalue weighted by molar-refractivity contribution is 7.16. The van der Waals surface area contributed by atoms with Gasteiger partial charge in [0.05, 0.1) is 5.56 Å². The number of rotatable bonds is 3. The van der Waals surface area contributed by atoms with E-state index >= 15 is 0 Å². The monoisotopic (exact) mass is 424 g/mol. The molecule has 0 saturated carbocycles. The van der Waals surface area contributed by atoms with Crippen molar-refractivity contribution in [3.05, 3.63) is 68.2 Å². The van der Waals surface area contributed by atoms with Gasteiger partial charge in [-0.05, 0) is 59.9 Å². The molecule has 3 aromatic rings. The molecule has 0 spiro atoms. The van der Waals surface area contributed by atoms with Crippen LogP contribution in [0.25, 0.3) is 0 Å². The van der Waals surface area contributed by atoms with E-state index in [9.17, 15) is 9.59 Å². The Hall–Kier alpha value is -2.64. The SMILES string of the molecule is C[C@@H]1CCc2c(sc3c2C(=O)N[C@@H](c2ccc(OC(=O)c4cccs4)cc2)N3)C1. The van der Waals surface area contributed by atoms with E-state index < -0.39 is 0 Å². The third kappa shape index (κ3) is 3.45. The zero-order valence-electron chi connectivity index (χ0n) is 15.9. The third-order valence-corrected chi connectivity index (χ3v) is 7.47. The second-order valence-corrected chi connectivity index (χ2v) is 9.60. The van der Waals surface area contributed by atoms with Crippen LogP contribution in [0.1, 0.15) is 55.5 Å². The van der Waals surface area contributed by atoms with Gasteiger partial charge in [-0.3, -0.25) is 4.79 Å². The smallest absolute Gasteiger partial charge is 0.353 e. The van der Waals surface area contributed by atoms with Crippen LogP contribution in [0.5, 0.6) is 5.75 Å². The van der Waals surface area contributed by atoms with E-state index in [1.54, 1.807) is 29.5 Å². The molecule has 1 amide bonds. The van der Waals surface area contributed by atoms with Crippen molar-refractivity contribution in [1.29, 1.82) is 0 Å². The van der Waals surface area contributed by atoms with Crippen molar-refractivity contribution in [2.24, 2.45) is 5.92 Å². The fraction of sp³-hybridized carbons (Fsp3) is 0.273. The molecule has 2 N–H and O–H groups in total. The summed E-state index contributed by atoms with van der Waals surface area (Å²) in [6.45, 7) is 2.27. The molecule has 1 aromatic carbocycles. The molecule has 0 fully saturated rings. The van der Waals surface area contributed by atoms with Crippen LogP contribution in [0.4, 0.5) is 5.00 Å². The molecular weight excluding hydrogens is 404 g/mol. The van der Waals surface area contributed by atoms with E-state index in [1.165, 1.54) is 21.8 Å². The Morgan fingerprint density at radius 1 is 1.17 bits per heavy atom. The first kappa shape index (κ1) is 18.4. The van der Waals surface area contributed by atoms with Crippen LogP contribution in [-0.2, 0) is 12.8 Å². The molecule has 1 aliphatic carbocycles. The highest BCUT2D eigenvalue weighted by Crippen LogP contribution is 2.42. The van der Waals surface area contributed by atoms with E-state index in [-0.39, 0.29) is 18.0 Å². The Balaban J connectivity index is 1.33. The average molecular weight is 425 g/mol. The third-order valence-electron chi connectivity index (χ3n) is 5.44. The Kier molecular flexibility index (Phi) is 4.64. The standard InChI is InChI=1S/C22H20N2O3S2/c1-12-4-9-15-17(11-12)29-21-18(15)20(25)23-19(24-21)13-5-7-14(8-6-13)27-22(26)16-3-2-10-28-16/h2-3,5-8,10,12,19,24H,4,9,11H2,1H3,(H,23,25)/t12-,19-/m1/s1. The van der Waals surface area contributed by atoms with Gasteiger partial charge in [0, 0.05) is 4.88 Å². The number of esters is 1. The number of hydrogen-bond acceptors (Lipinski definition) is 6. The summed E-state index contributed by atoms with van der Waals surface area (Å²) in [4.78, 5) is 26.8. The van der Waals surface area contributed by atoms with Crippen molar-refractivity contribution in [2.45, 2.75) is 32.4 Å². The minimum absolute atomic E-state index is 0.0102. The summed E-state index contributed by atoms with van der Waals surface area (Å²) < 4.78 is 5.41. The van der Waals surface area contributed by atoms with Gasteiger partial charge in [-0.1, -0.05) is 25.1 Å². The van der Waals surface area contributed by atoms with E-state index in [2.05, 4.69) is 17.6 Å². The number of thiophene rings is 2. The molecule has 148 valence electrons. The maximum absolute atomic E-state index is 12.8. The van der Waals surface area contributed by atoms with Crippen LogP contribution in [0.2, 0.25) is 0 Å². The summed E-state index contributed by atoms with van der Waals surface area (Å²) in [6.07, 6.45) is 2.87. The summed E-state index contributed by atoms with van der Waals surface area (Å²) in [6, 6.07) is 10.8. The van der Waals surface area contributed by atoms with E-state index in [0.717, 1.165) is 35.4 Å². The topological polar surface area (TPSA) is 67.4 Å². The first-order valence-electron chi connectivity index (χ1n) is 9.66. The molecule has 0 unspecified atom stereocenters. The second-order valence-electron chi connectivity index (χ2n) is 7.54. The Morgan fingerprint density at radius 2 is 2.00 bits per heavy atom. The number of carbonyl (C=O) groups is 2. The van der Waals surface area contributed by atoms with Gasteiger partial charge in [0.2, 0.25) is 0 Å². The van der Waals surface area contributed by atoms with Crippen LogP contribution in [0.3, 0.4) is 0 Å². The highest BCUT2D eigenvalue weighted by atomic mass is 32.1. The molecule has 5 rings (SSSR count). The summed E-state index contributed by atoms with van der Waals surface area (Å²) >= 11 is 3.06. The maximum atomic E-state index is 12.8. The van der Waals surface area contributed by atoms with Gasteiger partial charge < -0.3 is 15.4 Å². The molecule has 29 heavy (non-hydrogen) atoms. The molecule has 2 aromatic heterocycles. The van der Waals surface area contributed by atoms with Gasteiger partial charge in [-0.2, -0.15) is 0 Å². The van der Waals surface area contributed by atoms with Gasteiger partial charge in [0.1, 0.15) is 21.8 Å². The van der Waals surface area contributed by atoms with Crippen molar-refractivity contribution >= 4 is 39.6 Å². The predicted octanol–water partition coefficient (Wildman–Crippen LogP) is 5.01. The van der Waals surface area contributed by atoms with Gasteiger partial charge in [-0.25, -0.2) is 4.79 Å². The van der Waals surface area contributed by atoms with Gasteiger partial charge in [0.15, 0.2) is 0 Å². The lowest BCUT2D eigenvalue weighted by Crippen LogP contribution is -2.38. The number of anilines is 1. The van der Waals surface area contributed by atoms with Crippen molar-refractivity contribution in [3.63, 3.8) is 0 Å². The number of hydrogen-bond donors (Lipinski definition) is 2. The van der Waals surface area contributed by atoms with Crippen LogP contribution >= 0.6 is 22.7 Å². The molecule has 3 heterocycles. The van der Waals surface area contributed by atoms with Crippen molar-refractivity contribution < 1.29 is 14.3 Å². The molecule has 0 radical (unpaired) electrons. The minimum atomic E-state index is -0.361. The van der Waals surface area contributed by atoms with Crippen molar-refractivity contribution in [2.75, 3.05) is 5.32 Å². The normalized spacial score (nSPS) is 20.2. The number of fused-ring (bicyclic) bond motifs is 3. The fourth-order valence-electron chi connectivity index (χ4n) is 3.91. The number of benzene rings is 1. The largest absolute Gasteiger partial charge is 0.422 e. The van der Waals surface area contributed by atoms with Crippen LogP contribution in [-0.4, -0.2) is 11.9 Å². The Labute approximate surface area is 176 Å². The lowest BCUT2D eigenvalue weighted by Gasteiger charge is -2.27. The molecule has 2 atom stereocenters. The van der Waals surface area contributed by atoms with Crippen LogP contribution in [0.15, 0.2) is 41.8 Å². The van der Waals surface area contributed by atoms with Crippen LogP contribution in [0, 0.1) is 5.92 Å². The number of nitrogens with one attached hydrogen (secondary N) is 2. The van der Waals surface area contributed by atoms with Crippen molar-refractivity contribution in [3.8, 4) is 5.75 Å². The maximum Gasteiger partial charge on any atom is 0.353 e. The summed E-state index contributed by atoms with van der Waals surface area (Å²) in [5.74, 6) is 0.783. The number of carbonyl (C=O) groups excluding carboxylic acids is 2. The lowest BCUT2D eigenvalue weighted by molar-refractivity contribution is 0.0739. The Morgan fingerprint density at radius 3 is 2.76 bits per heavy atom. The highest BCUT2D eigenvalue weighted by Gasteiger charge is 2.33. The molecule has 1 aliphatic heterocycles. The average Bonchev–Trinajstić information content (AvgIpc) is 3.36.